The van der Waals surface area contributed by atoms with Crippen LogP contribution in [0.1, 0.15) is 22.7 Å². The van der Waals surface area contributed by atoms with Crippen molar-refractivity contribution in [1.29, 1.82) is 5.26 Å². The molecular weight excluding hydrogens is 432 g/mol. The Hall–Kier alpha value is -2.83. The van der Waals surface area contributed by atoms with E-state index in [1.807, 2.05) is 13.0 Å². The van der Waals surface area contributed by atoms with Gasteiger partial charge in [0.25, 0.3) is 0 Å². The fourth-order valence-electron chi connectivity index (χ4n) is 3.39. The molecule has 1 aliphatic rings. The van der Waals surface area contributed by atoms with Crippen LogP contribution < -0.4 is 14.4 Å². The summed E-state index contributed by atoms with van der Waals surface area (Å²) >= 11 is 3.06. The second-order valence-electron chi connectivity index (χ2n) is 7.11. The summed E-state index contributed by atoms with van der Waals surface area (Å²) in [6.45, 7) is 7.29. The van der Waals surface area contributed by atoms with Gasteiger partial charge in [0, 0.05) is 28.6 Å². The van der Waals surface area contributed by atoms with Crippen LogP contribution in [0.3, 0.4) is 0 Å². The van der Waals surface area contributed by atoms with E-state index in [1.54, 1.807) is 28.4 Å². The molecule has 0 saturated heterocycles. The average Bonchev–Trinajstić information content (AvgIpc) is 3.05. The minimum atomic E-state index is -0.0917. The molecule has 31 heavy (non-hydrogen) atoms. The number of nitriles is 1. The third kappa shape index (κ3) is 4.45. The molecule has 0 atom stereocenters. The summed E-state index contributed by atoms with van der Waals surface area (Å²) in [5.74, 6) is 2.09. The highest BCUT2D eigenvalue weighted by Crippen LogP contribution is 2.36. The number of anilines is 1. The molecule has 0 spiro atoms. The van der Waals surface area contributed by atoms with Crippen LogP contribution in [0.5, 0.6) is 11.5 Å². The van der Waals surface area contributed by atoms with Gasteiger partial charge in [-0.15, -0.1) is 11.3 Å². The Kier molecular flexibility index (Phi) is 6.30. The molecule has 160 valence electrons. The van der Waals surface area contributed by atoms with Crippen LogP contribution in [0, 0.1) is 32.1 Å². The number of fused-ring (bicyclic) bond motifs is 2. The highest BCUT2D eigenvalue weighted by atomic mass is 32.2. The molecule has 4 rings (SSSR count). The SMILES string of the molecule is Cc1nc(SCC(=O)N(CCC#N)c2ccc3c(c2)OCCO3)c2c(C)c(C)sc2n1. The van der Waals surface area contributed by atoms with E-state index in [4.69, 9.17) is 14.7 Å². The van der Waals surface area contributed by atoms with E-state index >= 15 is 0 Å². The van der Waals surface area contributed by atoms with Gasteiger partial charge in [0.15, 0.2) is 11.5 Å². The Morgan fingerprint density at radius 2 is 2.00 bits per heavy atom. The van der Waals surface area contributed by atoms with E-state index in [2.05, 4.69) is 29.9 Å². The van der Waals surface area contributed by atoms with Crippen LogP contribution in [0.25, 0.3) is 10.2 Å². The van der Waals surface area contributed by atoms with E-state index < -0.39 is 0 Å². The van der Waals surface area contributed by atoms with Crippen molar-refractivity contribution in [2.45, 2.75) is 32.2 Å². The largest absolute Gasteiger partial charge is 0.486 e. The second-order valence-corrected chi connectivity index (χ2v) is 9.28. The number of aryl methyl sites for hydroxylation is 3. The van der Waals surface area contributed by atoms with Crippen LogP contribution in [-0.2, 0) is 4.79 Å². The molecule has 7 nitrogen and oxygen atoms in total. The van der Waals surface area contributed by atoms with Crippen molar-refractivity contribution in [3.05, 3.63) is 34.5 Å². The van der Waals surface area contributed by atoms with Crippen molar-refractivity contribution in [2.24, 2.45) is 0 Å². The van der Waals surface area contributed by atoms with Crippen LogP contribution in [-0.4, -0.2) is 41.4 Å². The normalized spacial score (nSPS) is 12.6. The van der Waals surface area contributed by atoms with E-state index in [0.717, 1.165) is 20.8 Å². The number of carbonyl (C=O) groups is 1. The summed E-state index contributed by atoms with van der Waals surface area (Å²) < 4.78 is 11.2. The molecule has 0 saturated carbocycles. The molecule has 0 bridgehead atoms. The molecule has 0 unspecified atom stereocenters. The number of rotatable bonds is 6. The number of benzene rings is 1. The first-order valence-corrected chi connectivity index (χ1v) is 11.7. The van der Waals surface area contributed by atoms with Crippen LogP contribution in [0.4, 0.5) is 5.69 Å². The van der Waals surface area contributed by atoms with Crippen molar-refractivity contribution < 1.29 is 14.3 Å². The lowest BCUT2D eigenvalue weighted by atomic mass is 10.2. The minimum absolute atomic E-state index is 0.0917. The Morgan fingerprint density at radius 1 is 1.23 bits per heavy atom. The van der Waals surface area contributed by atoms with Gasteiger partial charge in [-0.25, -0.2) is 9.97 Å². The van der Waals surface area contributed by atoms with Gasteiger partial charge in [-0.3, -0.25) is 4.79 Å². The summed E-state index contributed by atoms with van der Waals surface area (Å²) in [5, 5.41) is 10.9. The molecule has 1 aromatic carbocycles. The van der Waals surface area contributed by atoms with Crippen LogP contribution in [0.2, 0.25) is 0 Å². The van der Waals surface area contributed by atoms with Gasteiger partial charge in [0.1, 0.15) is 28.9 Å². The number of thioether (sulfide) groups is 1. The number of aromatic nitrogens is 2. The molecule has 1 aliphatic heterocycles. The van der Waals surface area contributed by atoms with Crippen molar-refractivity contribution in [1.82, 2.24) is 9.97 Å². The predicted molar refractivity (Wildman–Crippen MR) is 122 cm³/mol. The number of hydrogen-bond acceptors (Lipinski definition) is 8. The Bertz CT molecular complexity index is 1190. The maximum atomic E-state index is 13.2. The standard InChI is InChI=1S/C22H22N4O3S2/c1-13-14(2)31-22-20(13)21(24-15(3)25-22)30-12-19(27)26(8-4-7-23)16-5-6-17-18(11-16)29-10-9-28-17/h5-6,11H,4,8-10,12H2,1-3H3. The Labute approximate surface area is 189 Å². The molecule has 2 aromatic heterocycles. The zero-order valence-electron chi connectivity index (χ0n) is 17.6. The van der Waals surface area contributed by atoms with Crippen molar-refractivity contribution in [3.8, 4) is 17.6 Å². The molecule has 0 fully saturated rings. The lowest BCUT2D eigenvalue weighted by Gasteiger charge is -2.24. The summed E-state index contributed by atoms with van der Waals surface area (Å²) in [7, 11) is 0. The van der Waals surface area contributed by atoms with Gasteiger partial charge in [0.05, 0.1) is 18.2 Å². The first-order valence-electron chi connectivity index (χ1n) is 9.92. The van der Waals surface area contributed by atoms with E-state index in [9.17, 15) is 4.79 Å². The van der Waals surface area contributed by atoms with Gasteiger partial charge >= 0.3 is 0 Å². The number of amides is 1. The Balaban J connectivity index is 1.58. The van der Waals surface area contributed by atoms with Gasteiger partial charge in [-0.2, -0.15) is 5.26 Å². The second kappa shape index (κ2) is 9.12. The predicted octanol–water partition coefficient (Wildman–Crippen LogP) is 4.43. The molecule has 9 heteroatoms. The average molecular weight is 455 g/mol. The van der Waals surface area contributed by atoms with Gasteiger partial charge < -0.3 is 14.4 Å². The number of nitrogens with zero attached hydrogens (tertiary/aromatic N) is 4. The van der Waals surface area contributed by atoms with Gasteiger partial charge in [-0.1, -0.05) is 11.8 Å². The molecule has 0 N–H and O–H groups in total. The quantitative estimate of drug-likeness (QED) is 0.402. The van der Waals surface area contributed by atoms with Gasteiger partial charge in [-0.05, 0) is 38.5 Å². The maximum absolute atomic E-state index is 13.2. The van der Waals surface area contributed by atoms with Gasteiger partial charge in [0.2, 0.25) is 5.91 Å². The van der Waals surface area contributed by atoms with Crippen LogP contribution >= 0.6 is 23.1 Å². The molecule has 3 aromatic rings. The van der Waals surface area contributed by atoms with E-state index in [1.165, 1.54) is 16.6 Å². The zero-order valence-corrected chi connectivity index (χ0v) is 19.2. The van der Waals surface area contributed by atoms with Crippen molar-refractivity contribution in [3.63, 3.8) is 0 Å². The van der Waals surface area contributed by atoms with Crippen LogP contribution in [0.15, 0.2) is 23.2 Å². The number of thiophene rings is 1. The fourth-order valence-corrected chi connectivity index (χ4v) is 5.53. The summed E-state index contributed by atoms with van der Waals surface area (Å²) in [5.41, 5.74) is 1.85. The first kappa shape index (κ1) is 21.4. The third-order valence-electron chi connectivity index (χ3n) is 5.03. The highest BCUT2D eigenvalue weighted by molar-refractivity contribution is 8.00. The van der Waals surface area contributed by atoms with E-state index in [0.29, 0.717) is 42.8 Å². The number of ether oxygens (including phenoxy) is 2. The zero-order chi connectivity index (χ0) is 22.0. The molecule has 0 radical (unpaired) electrons. The summed E-state index contributed by atoms with van der Waals surface area (Å²) in [6.07, 6.45) is 0.241. The topological polar surface area (TPSA) is 88.3 Å². The third-order valence-corrected chi connectivity index (χ3v) is 7.09. The van der Waals surface area contributed by atoms with E-state index in [-0.39, 0.29) is 18.1 Å². The first-order chi connectivity index (χ1) is 15.0. The number of hydrogen-bond donors (Lipinski definition) is 0. The molecular formula is C22H22N4O3S2. The fraction of sp³-hybridized carbons (Fsp3) is 0.364. The Morgan fingerprint density at radius 3 is 2.77 bits per heavy atom. The highest BCUT2D eigenvalue weighted by Gasteiger charge is 2.21. The van der Waals surface area contributed by atoms with Crippen molar-refractivity contribution in [2.75, 3.05) is 30.4 Å². The smallest absolute Gasteiger partial charge is 0.237 e. The summed E-state index contributed by atoms with van der Waals surface area (Å²) in [4.78, 5) is 26.1. The lowest BCUT2D eigenvalue weighted by Crippen LogP contribution is -2.33. The maximum Gasteiger partial charge on any atom is 0.237 e. The number of carbonyl (C=O) groups excluding carboxylic acids is 1. The molecule has 0 aliphatic carbocycles. The lowest BCUT2D eigenvalue weighted by molar-refractivity contribution is -0.116. The minimum Gasteiger partial charge on any atom is -0.486 e. The molecule has 3 heterocycles. The summed E-state index contributed by atoms with van der Waals surface area (Å²) in [6, 6.07) is 7.55. The van der Waals surface area contributed by atoms with Crippen molar-refractivity contribution >= 4 is 44.9 Å². The monoisotopic (exact) mass is 454 g/mol. The molecule has 1 amide bonds.